The zero-order chi connectivity index (χ0) is 20.2. The number of aromatic amines is 1. The number of imidazole rings is 1. The quantitative estimate of drug-likeness (QED) is 0.683. The van der Waals surface area contributed by atoms with Crippen molar-refractivity contribution in [2.24, 2.45) is 0 Å². The van der Waals surface area contributed by atoms with E-state index in [9.17, 15) is 4.79 Å². The number of benzene rings is 2. The third-order valence-corrected chi connectivity index (χ3v) is 5.25. The topological polar surface area (TPSA) is 82.0 Å². The number of nitrogens with one attached hydrogen (secondary N) is 1. The van der Waals surface area contributed by atoms with Gasteiger partial charge in [0.05, 0.1) is 23.5 Å². The van der Waals surface area contributed by atoms with E-state index >= 15 is 0 Å². The van der Waals surface area contributed by atoms with E-state index in [2.05, 4.69) is 16.0 Å². The van der Waals surface area contributed by atoms with Crippen LogP contribution < -0.4 is 4.74 Å². The number of halogens is 1. The molecule has 3 aromatic rings. The van der Waals surface area contributed by atoms with Gasteiger partial charge >= 0.3 is 0 Å². The average molecular weight is 407 g/mol. The Morgan fingerprint density at radius 3 is 2.86 bits per heavy atom. The summed E-state index contributed by atoms with van der Waals surface area (Å²) in [6, 6.07) is 16.4. The molecule has 1 aromatic heterocycles. The van der Waals surface area contributed by atoms with Gasteiger partial charge in [-0.1, -0.05) is 35.9 Å². The molecule has 1 aliphatic rings. The van der Waals surface area contributed by atoms with Gasteiger partial charge in [-0.05, 0) is 42.7 Å². The molecule has 1 atom stereocenters. The molecular weight excluding hydrogens is 388 g/mol. The van der Waals surface area contributed by atoms with Gasteiger partial charge in [0.1, 0.15) is 17.6 Å². The highest BCUT2D eigenvalue weighted by atomic mass is 35.5. The van der Waals surface area contributed by atoms with Gasteiger partial charge in [-0.3, -0.25) is 4.79 Å². The van der Waals surface area contributed by atoms with E-state index in [1.165, 1.54) is 0 Å². The molecular formula is C22H19ClN4O2. The van der Waals surface area contributed by atoms with Crippen molar-refractivity contribution in [3.05, 3.63) is 71.1 Å². The number of hydrogen-bond acceptors (Lipinski definition) is 4. The van der Waals surface area contributed by atoms with E-state index in [1.807, 2.05) is 24.3 Å². The number of hydrogen-bond donors (Lipinski definition) is 1. The molecule has 1 amide bonds. The standard InChI is InChI=1S/C22H19ClN4O2/c23-17-9-7-15(8-10-17)18-13-25-22(26-18)19-5-3-11-27(19)21(28)14-29-20-6-2-1-4-16(20)12-24/h1-2,4,6-10,13,19H,3,5,11,14H2,(H,25,26). The van der Waals surface area contributed by atoms with Gasteiger partial charge in [-0.15, -0.1) is 0 Å². The second-order valence-electron chi connectivity index (χ2n) is 6.83. The lowest BCUT2D eigenvalue weighted by atomic mass is 10.2. The van der Waals surface area contributed by atoms with Crippen molar-refractivity contribution in [3.63, 3.8) is 0 Å². The van der Waals surface area contributed by atoms with Crippen LogP contribution in [0.4, 0.5) is 0 Å². The molecule has 0 bridgehead atoms. The highest BCUT2D eigenvalue weighted by molar-refractivity contribution is 6.30. The second-order valence-corrected chi connectivity index (χ2v) is 7.27. The Balaban J connectivity index is 1.46. The van der Waals surface area contributed by atoms with Crippen molar-refractivity contribution in [1.29, 1.82) is 5.26 Å². The zero-order valence-electron chi connectivity index (χ0n) is 15.6. The van der Waals surface area contributed by atoms with Gasteiger partial charge in [0.2, 0.25) is 0 Å². The van der Waals surface area contributed by atoms with Crippen LogP contribution in [0.15, 0.2) is 54.7 Å². The molecule has 6 nitrogen and oxygen atoms in total. The number of para-hydroxylation sites is 1. The normalized spacial score (nSPS) is 15.9. The van der Waals surface area contributed by atoms with Crippen molar-refractivity contribution in [1.82, 2.24) is 14.9 Å². The number of nitrogens with zero attached hydrogens (tertiary/aromatic N) is 3. The molecule has 1 aliphatic heterocycles. The molecule has 1 fully saturated rings. The Kier molecular flexibility index (Phi) is 5.50. The predicted octanol–water partition coefficient (Wildman–Crippen LogP) is 4.34. The van der Waals surface area contributed by atoms with Crippen molar-refractivity contribution in [2.75, 3.05) is 13.2 Å². The summed E-state index contributed by atoms with van der Waals surface area (Å²) >= 11 is 5.96. The number of likely N-dealkylation sites (tertiary alicyclic amines) is 1. The number of nitriles is 1. The number of H-pyrrole nitrogens is 1. The lowest BCUT2D eigenvalue weighted by molar-refractivity contribution is -0.134. The summed E-state index contributed by atoms with van der Waals surface area (Å²) in [5.41, 5.74) is 2.28. The number of carbonyl (C=O) groups excluding carboxylic acids is 1. The van der Waals surface area contributed by atoms with Crippen LogP contribution in [0.5, 0.6) is 5.75 Å². The highest BCUT2D eigenvalue weighted by Gasteiger charge is 2.32. The fraction of sp³-hybridized carbons (Fsp3) is 0.227. The minimum atomic E-state index is -0.121. The smallest absolute Gasteiger partial charge is 0.261 e. The summed E-state index contributed by atoms with van der Waals surface area (Å²) in [5, 5.41) is 9.83. The van der Waals surface area contributed by atoms with Crippen LogP contribution in [0, 0.1) is 11.3 Å². The largest absolute Gasteiger partial charge is 0.482 e. The van der Waals surface area contributed by atoms with E-state index < -0.39 is 0 Å². The van der Waals surface area contributed by atoms with Crippen molar-refractivity contribution < 1.29 is 9.53 Å². The van der Waals surface area contributed by atoms with Crippen molar-refractivity contribution in [2.45, 2.75) is 18.9 Å². The average Bonchev–Trinajstić information content (AvgIpc) is 3.42. The van der Waals surface area contributed by atoms with Crippen LogP contribution >= 0.6 is 11.6 Å². The van der Waals surface area contributed by atoms with E-state index in [0.717, 1.165) is 29.9 Å². The molecule has 146 valence electrons. The Labute approximate surface area is 173 Å². The maximum absolute atomic E-state index is 12.8. The first-order valence-electron chi connectivity index (χ1n) is 9.38. The summed E-state index contributed by atoms with van der Waals surface area (Å²) < 4.78 is 5.62. The van der Waals surface area contributed by atoms with Crippen molar-refractivity contribution in [3.8, 4) is 23.1 Å². The highest BCUT2D eigenvalue weighted by Crippen LogP contribution is 2.32. The summed E-state index contributed by atoms with van der Waals surface area (Å²) in [5.74, 6) is 1.06. The lowest BCUT2D eigenvalue weighted by Gasteiger charge is -2.23. The van der Waals surface area contributed by atoms with E-state index in [-0.39, 0.29) is 18.6 Å². The Bertz CT molecular complexity index is 1060. The number of aromatic nitrogens is 2. The molecule has 1 N–H and O–H groups in total. The third kappa shape index (κ3) is 4.10. The monoisotopic (exact) mass is 406 g/mol. The first kappa shape index (κ1) is 19.0. The van der Waals surface area contributed by atoms with Gasteiger partial charge in [-0.2, -0.15) is 5.26 Å². The van der Waals surface area contributed by atoms with Crippen LogP contribution in [0.3, 0.4) is 0 Å². The van der Waals surface area contributed by atoms with Crippen LogP contribution in [-0.2, 0) is 4.79 Å². The Morgan fingerprint density at radius 2 is 2.07 bits per heavy atom. The molecule has 1 saturated heterocycles. The van der Waals surface area contributed by atoms with Gasteiger partial charge in [0.15, 0.2) is 6.61 Å². The maximum atomic E-state index is 12.8. The molecule has 2 heterocycles. The minimum absolute atomic E-state index is 0.111. The Morgan fingerprint density at radius 1 is 1.28 bits per heavy atom. The van der Waals surface area contributed by atoms with Crippen LogP contribution in [0.25, 0.3) is 11.3 Å². The molecule has 7 heteroatoms. The van der Waals surface area contributed by atoms with Crippen LogP contribution in [0.1, 0.15) is 30.3 Å². The lowest BCUT2D eigenvalue weighted by Crippen LogP contribution is -2.35. The molecule has 0 aliphatic carbocycles. The van der Waals surface area contributed by atoms with Gasteiger partial charge in [0, 0.05) is 11.6 Å². The summed E-state index contributed by atoms with van der Waals surface area (Å²) in [4.78, 5) is 22.4. The third-order valence-electron chi connectivity index (χ3n) is 5.00. The summed E-state index contributed by atoms with van der Waals surface area (Å²) in [6.07, 6.45) is 3.52. The predicted molar refractivity (Wildman–Crippen MR) is 109 cm³/mol. The van der Waals surface area contributed by atoms with Gasteiger partial charge in [0.25, 0.3) is 5.91 Å². The van der Waals surface area contributed by atoms with Gasteiger partial charge < -0.3 is 14.6 Å². The summed E-state index contributed by atoms with van der Waals surface area (Å²) in [7, 11) is 0. The fourth-order valence-corrected chi connectivity index (χ4v) is 3.66. The molecule has 29 heavy (non-hydrogen) atoms. The van der Waals surface area contributed by atoms with E-state index in [0.29, 0.717) is 22.9 Å². The molecule has 4 rings (SSSR count). The first-order chi connectivity index (χ1) is 14.2. The fourth-order valence-electron chi connectivity index (χ4n) is 3.54. The number of carbonyl (C=O) groups is 1. The number of ether oxygens (including phenoxy) is 1. The molecule has 0 saturated carbocycles. The van der Waals surface area contributed by atoms with E-state index in [4.69, 9.17) is 21.6 Å². The van der Waals surface area contributed by atoms with E-state index in [1.54, 1.807) is 35.4 Å². The van der Waals surface area contributed by atoms with Crippen LogP contribution in [-0.4, -0.2) is 33.9 Å². The van der Waals surface area contributed by atoms with Crippen molar-refractivity contribution >= 4 is 17.5 Å². The molecule has 2 aromatic carbocycles. The summed E-state index contributed by atoms with van der Waals surface area (Å²) in [6.45, 7) is 0.545. The minimum Gasteiger partial charge on any atom is -0.482 e. The SMILES string of the molecule is N#Cc1ccccc1OCC(=O)N1CCCC1c1ncc(-c2ccc(Cl)cc2)[nH]1. The number of amides is 1. The molecule has 0 radical (unpaired) electrons. The zero-order valence-corrected chi connectivity index (χ0v) is 16.4. The molecule has 0 spiro atoms. The maximum Gasteiger partial charge on any atom is 0.261 e. The van der Waals surface area contributed by atoms with Crippen LogP contribution in [0.2, 0.25) is 5.02 Å². The second kappa shape index (κ2) is 8.38. The number of rotatable bonds is 5. The first-order valence-corrected chi connectivity index (χ1v) is 9.76. The molecule has 1 unspecified atom stereocenters. The Hall–Kier alpha value is -3.30. The van der Waals surface area contributed by atoms with Gasteiger partial charge in [-0.25, -0.2) is 4.98 Å².